The highest BCUT2D eigenvalue weighted by atomic mass is 32.2. The molecular formula is C7H12O2S. The largest absolute Gasteiger partial charge is 0.481 e. The molecule has 1 N–H and O–H groups in total. The first kappa shape index (κ1) is 7.92. The third kappa shape index (κ3) is 1.90. The van der Waals surface area contributed by atoms with Gasteiger partial charge in [0, 0.05) is 4.75 Å². The lowest BCUT2D eigenvalue weighted by Crippen LogP contribution is -2.20. The molecule has 10 heavy (non-hydrogen) atoms. The smallest absolute Gasteiger partial charge is 0.304 e. The average Bonchev–Trinajstić information content (AvgIpc) is 2.12. The van der Waals surface area contributed by atoms with Crippen molar-refractivity contribution in [1.29, 1.82) is 0 Å². The molecule has 58 valence electrons. The second-order valence-corrected chi connectivity index (χ2v) is 4.65. The molecule has 0 saturated carbocycles. The quantitative estimate of drug-likeness (QED) is 0.668. The fraction of sp³-hybridized carbons (Fsp3) is 0.857. The van der Waals surface area contributed by atoms with Crippen LogP contribution in [0.2, 0.25) is 0 Å². The third-order valence-corrected chi connectivity index (χ3v) is 3.36. The Morgan fingerprint density at radius 1 is 1.80 bits per heavy atom. The Labute approximate surface area is 65.0 Å². The minimum absolute atomic E-state index is 0.0336. The standard InChI is InChI=1S/C7H12O2S/c1-7(5-6(8)9)3-2-4-10-7/h2-5H2,1H3,(H,8,9)/t7-/m1/s1. The minimum Gasteiger partial charge on any atom is -0.481 e. The van der Waals surface area contributed by atoms with E-state index in [9.17, 15) is 4.79 Å². The van der Waals surface area contributed by atoms with Crippen LogP contribution >= 0.6 is 11.8 Å². The van der Waals surface area contributed by atoms with E-state index in [-0.39, 0.29) is 4.75 Å². The van der Waals surface area contributed by atoms with E-state index in [1.807, 2.05) is 6.92 Å². The third-order valence-electron chi connectivity index (χ3n) is 1.83. The first-order valence-corrected chi connectivity index (χ1v) is 4.47. The molecule has 1 atom stereocenters. The number of aliphatic carboxylic acids is 1. The van der Waals surface area contributed by atoms with Crippen molar-refractivity contribution in [2.24, 2.45) is 0 Å². The summed E-state index contributed by atoms with van der Waals surface area (Å²) in [7, 11) is 0. The van der Waals surface area contributed by atoms with Crippen LogP contribution in [0.1, 0.15) is 26.2 Å². The zero-order chi connectivity index (χ0) is 7.61. The summed E-state index contributed by atoms with van der Waals surface area (Å²) in [6, 6.07) is 0. The molecule has 0 spiro atoms. The van der Waals surface area contributed by atoms with Crippen molar-refractivity contribution in [3.63, 3.8) is 0 Å². The van der Waals surface area contributed by atoms with Crippen molar-refractivity contribution in [2.45, 2.75) is 30.9 Å². The summed E-state index contributed by atoms with van der Waals surface area (Å²) < 4.78 is 0.0336. The number of carboxylic acids is 1. The molecule has 1 saturated heterocycles. The normalized spacial score (nSPS) is 32.5. The van der Waals surface area contributed by atoms with Gasteiger partial charge >= 0.3 is 5.97 Å². The second-order valence-electron chi connectivity index (χ2n) is 2.97. The fourth-order valence-electron chi connectivity index (χ4n) is 1.30. The van der Waals surface area contributed by atoms with Gasteiger partial charge in [0.15, 0.2) is 0 Å². The molecule has 0 amide bonds. The van der Waals surface area contributed by atoms with Gasteiger partial charge in [-0.25, -0.2) is 0 Å². The number of rotatable bonds is 2. The van der Waals surface area contributed by atoms with Crippen molar-refractivity contribution in [2.75, 3.05) is 5.75 Å². The summed E-state index contributed by atoms with van der Waals surface area (Å²) in [4.78, 5) is 10.3. The zero-order valence-corrected chi connectivity index (χ0v) is 6.91. The molecule has 2 nitrogen and oxygen atoms in total. The average molecular weight is 160 g/mol. The predicted octanol–water partition coefficient (Wildman–Crippen LogP) is 1.75. The van der Waals surface area contributed by atoms with Gasteiger partial charge in [-0.3, -0.25) is 4.79 Å². The first-order chi connectivity index (χ1) is 4.62. The number of carboxylic acid groups (broad SMARTS) is 1. The molecule has 3 heteroatoms. The molecule has 0 aromatic heterocycles. The van der Waals surface area contributed by atoms with E-state index in [4.69, 9.17) is 5.11 Å². The Bertz CT molecular complexity index is 139. The van der Waals surface area contributed by atoms with Crippen LogP contribution < -0.4 is 0 Å². The van der Waals surface area contributed by atoms with Crippen molar-refractivity contribution < 1.29 is 9.90 Å². The molecule has 1 rings (SSSR count). The Morgan fingerprint density at radius 2 is 2.50 bits per heavy atom. The van der Waals surface area contributed by atoms with Gasteiger partial charge in [0.2, 0.25) is 0 Å². The zero-order valence-electron chi connectivity index (χ0n) is 6.09. The Morgan fingerprint density at radius 3 is 2.90 bits per heavy atom. The van der Waals surface area contributed by atoms with Gasteiger partial charge < -0.3 is 5.11 Å². The number of hydrogen-bond acceptors (Lipinski definition) is 2. The van der Waals surface area contributed by atoms with E-state index in [0.29, 0.717) is 6.42 Å². The SMILES string of the molecule is C[C@]1(CC(=O)O)CCCS1. The summed E-state index contributed by atoms with van der Waals surface area (Å²) in [5.74, 6) is 0.459. The van der Waals surface area contributed by atoms with Crippen molar-refractivity contribution >= 4 is 17.7 Å². The molecule has 0 aromatic rings. The first-order valence-electron chi connectivity index (χ1n) is 3.48. The monoisotopic (exact) mass is 160 g/mol. The van der Waals surface area contributed by atoms with Crippen LogP contribution in [0.5, 0.6) is 0 Å². The minimum atomic E-state index is -0.670. The van der Waals surface area contributed by atoms with E-state index < -0.39 is 5.97 Å². The van der Waals surface area contributed by atoms with Gasteiger partial charge in [-0.2, -0.15) is 11.8 Å². The van der Waals surface area contributed by atoms with E-state index in [1.165, 1.54) is 6.42 Å². The highest BCUT2D eigenvalue weighted by molar-refractivity contribution is 8.00. The highest BCUT2D eigenvalue weighted by Crippen LogP contribution is 2.40. The number of thioether (sulfide) groups is 1. The molecular weight excluding hydrogens is 148 g/mol. The summed E-state index contributed by atoms with van der Waals surface area (Å²) in [5.41, 5.74) is 0. The number of carbonyl (C=O) groups is 1. The summed E-state index contributed by atoms with van der Waals surface area (Å²) in [6.45, 7) is 2.04. The molecule has 1 heterocycles. The fourth-order valence-corrected chi connectivity index (χ4v) is 2.59. The van der Waals surface area contributed by atoms with E-state index in [2.05, 4.69) is 0 Å². The molecule has 0 aliphatic carbocycles. The maximum absolute atomic E-state index is 10.3. The molecule has 0 bridgehead atoms. The van der Waals surface area contributed by atoms with E-state index in [0.717, 1.165) is 12.2 Å². The van der Waals surface area contributed by atoms with Gasteiger partial charge in [-0.05, 0) is 25.5 Å². The molecule has 0 unspecified atom stereocenters. The molecule has 1 aliphatic rings. The Kier molecular flexibility index (Phi) is 2.24. The highest BCUT2D eigenvalue weighted by Gasteiger charge is 2.31. The molecule has 0 aromatic carbocycles. The van der Waals surface area contributed by atoms with Crippen molar-refractivity contribution in [1.82, 2.24) is 0 Å². The van der Waals surface area contributed by atoms with Gasteiger partial charge in [-0.15, -0.1) is 0 Å². The van der Waals surface area contributed by atoms with E-state index in [1.54, 1.807) is 11.8 Å². The van der Waals surface area contributed by atoms with Gasteiger partial charge in [-0.1, -0.05) is 0 Å². The Balaban J connectivity index is 2.43. The number of hydrogen-bond donors (Lipinski definition) is 1. The van der Waals surface area contributed by atoms with E-state index >= 15 is 0 Å². The predicted molar refractivity (Wildman–Crippen MR) is 42.3 cm³/mol. The van der Waals surface area contributed by atoms with Crippen molar-refractivity contribution in [3.8, 4) is 0 Å². The lowest BCUT2D eigenvalue weighted by molar-refractivity contribution is -0.137. The molecule has 1 aliphatic heterocycles. The van der Waals surface area contributed by atoms with Crippen LogP contribution in [0.15, 0.2) is 0 Å². The van der Waals surface area contributed by atoms with Crippen LogP contribution in [-0.2, 0) is 4.79 Å². The maximum Gasteiger partial charge on any atom is 0.304 e. The lowest BCUT2D eigenvalue weighted by atomic mass is 10.0. The summed E-state index contributed by atoms with van der Waals surface area (Å²) >= 11 is 1.79. The van der Waals surface area contributed by atoms with Crippen LogP contribution in [0, 0.1) is 0 Å². The summed E-state index contributed by atoms with van der Waals surface area (Å²) in [5, 5.41) is 8.53. The second kappa shape index (κ2) is 2.82. The van der Waals surface area contributed by atoms with Crippen LogP contribution in [0.25, 0.3) is 0 Å². The van der Waals surface area contributed by atoms with Crippen LogP contribution in [0.4, 0.5) is 0 Å². The molecule has 0 radical (unpaired) electrons. The van der Waals surface area contributed by atoms with Gasteiger partial charge in [0.05, 0.1) is 6.42 Å². The topological polar surface area (TPSA) is 37.3 Å². The summed E-state index contributed by atoms with van der Waals surface area (Å²) in [6.07, 6.45) is 2.55. The van der Waals surface area contributed by atoms with Gasteiger partial charge in [0.25, 0.3) is 0 Å². The lowest BCUT2D eigenvalue weighted by Gasteiger charge is -2.18. The van der Waals surface area contributed by atoms with Crippen LogP contribution in [0.3, 0.4) is 0 Å². The van der Waals surface area contributed by atoms with Gasteiger partial charge in [0.1, 0.15) is 0 Å². The Hall–Kier alpha value is -0.180. The van der Waals surface area contributed by atoms with Crippen LogP contribution in [-0.4, -0.2) is 21.6 Å². The van der Waals surface area contributed by atoms with Crippen molar-refractivity contribution in [3.05, 3.63) is 0 Å². The maximum atomic E-state index is 10.3. The molecule has 1 fully saturated rings.